The second kappa shape index (κ2) is 5.16. The van der Waals surface area contributed by atoms with E-state index in [1.165, 1.54) is 11.3 Å². The molecule has 1 unspecified atom stereocenters. The van der Waals surface area contributed by atoms with Crippen LogP contribution in [0.5, 0.6) is 0 Å². The van der Waals surface area contributed by atoms with Crippen LogP contribution in [0.1, 0.15) is 28.1 Å². The van der Waals surface area contributed by atoms with Crippen molar-refractivity contribution >= 4 is 34.7 Å². The lowest BCUT2D eigenvalue weighted by Gasteiger charge is -2.23. The molecule has 2 heterocycles. The van der Waals surface area contributed by atoms with Crippen molar-refractivity contribution in [2.45, 2.75) is 25.8 Å². The molecule has 3 N–H and O–H groups in total. The number of amides is 1. The van der Waals surface area contributed by atoms with Gasteiger partial charge in [-0.3, -0.25) is 4.79 Å². The number of oxime groups is 1. The van der Waals surface area contributed by atoms with E-state index in [4.69, 9.17) is 22.5 Å². The van der Waals surface area contributed by atoms with Crippen molar-refractivity contribution < 1.29 is 10.0 Å². The number of nitrogens with two attached hydrogens (primary N) is 1. The average molecular weight is 288 g/mol. The maximum absolute atomic E-state index is 12.4. The molecule has 1 aromatic heterocycles. The minimum atomic E-state index is -0.332. The molecule has 1 aromatic rings. The Kier molecular flexibility index (Phi) is 3.77. The fourth-order valence-electron chi connectivity index (χ4n) is 2.09. The number of halogens is 1. The van der Waals surface area contributed by atoms with Crippen LogP contribution >= 0.6 is 22.9 Å². The normalized spacial score (nSPS) is 20.4. The third kappa shape index (κ3) is 2.18. The van der Waals surface area contributed by atoms with Crippen molar-refractivity contribution in [1.82, 2.24) is 4.90 Å². The van der Waals surface area contributed by atoms with Crippen LogP contribution in [0.25, 0.3) is 0 Å². The standard InChI is InChI=1S/C11H14ClN3O2S/c1-6-5-18-9(8(6)12)11(16)15-4-2-3-7(15)10(13)14-17/h5,7,17H,2-4H2,1H3,(H2,13,14). The van der Waals surface area contributed by atoms with Crippen LogP contribution in [0.3, 0.4) is 0 Å². The van der Waals surface area contributed by atoms with E-state index in [1.54, 1.807) is 4.90 Å². The smallest absolute Gasteiger partial charge is 0.266 e. The molecule has 0 bridgehead atoms. The van der Waals surface area contributed by atoms with Gasteiger partial charge in [-0.1, -0.05) is 16.8 Å². The Morgan fingerprint density at radius 2 is 2.44 bits per heavy atom. The summed E-state index contributed by atoms with van der Waals surface area (Å²) in [6.45, 7) is 2.47. The summed E-state index contributed by atoms with van der Waals surface area (Å²) in [6.07, 6.45) is 1.55. The number of carbonyl (C=O) groups excluding carboxylic acids is 1. The zero-order valence-corrected chi connectivity index (χ0v) is 11.5. The number of hydrogen-bond acceptors (Lipinski definition) is 4. The Hall–Kier alpha value is -1.27. The molecule has 7 heteroatoms. The predicted octanol–water partition coefficient (Wildman–Crippen LogP) is 2.06. The van der Waals surface area contributed by atoms with Crippen LogP contribution in [0.2, 0.25) is 5.02 Å². The van der Waals surface area contributed by atoms with Gasteiger partial charge in [-0.2, -0.15) is 0 Å². The highest BCUT2D eigenvalue weighted by Crippen LogP contribution is 2.30. The molecule has 2 rings (SSSR count). The third-order valence-electron chi connectivity index (χ3n) is 3.06. The van der Waals surface area contributed by atoms with Gasteiger partial charge in [0.15, 0.2) is 5.84 Å². The van der Waals surface area contributed by atoms with Gasteiger partial charge in [0.2, 0.25) is 0 Å². The molecule has 1 aliphatic rings. The van der Waals surface area contributed by atoms with Gasteiger partial charge in [0, 0.05) is 6.54 Å². The Balaban J connectivity index is 2.26. The van der Waals surface area contributed by atoms with E-state index in [0.717, 1.165) is 12.0 Å². The molecular formula is C11H14ClN3O2S. The van der Waals surface area contributed by atoms with E-state index in [0.29, 0.717) is 22.9 Å². The lowest BCUT2D eigenvalue weighted by Crippen LogP contribution is -2.43. The summed E-state index contributed by atoms with van der Waals surface area (Å²) in [5.74, 6) is -0.0718. The maximum Gasteiger partial charge on any atom is 0.266 e. The molecule has 0 radical (unpaired) electrons. The van der Waals surface area contributed by atoms with E-state index >= 15 is 0 Å². The van der Waals surface area contributed by atoms with Crippen LogP contribution < -0.4 is 5.73 Å². The summed E-state index contributed by atoms with van der Waals surface area (Å²) >= 11 is 7.42. The van der Waals surface area contributed by atoms with Crippen LogP contribution in [-0.4, -0.2) is 34.4 Å². The molecular weight excluding hydrogens is 274 g/mol. The number of nitrogens with zero attached hydrogens (tertiary/aromatic N) is 2. The first-order valence-electron chi connectivity index (χ1n) is 5.58. The van der Waals surface area contributed by atoms with E-state index < -0.39 is 0 Å². The number of aryl methyl sites for hydroxylation is 1. The van der Waals surface area contributed by atoms with Gasteiger partial charge in [0.05, 0.1) is 11.1 Å². The minimum Gasteiger partial charge on any atom is -0.409 e. The Labute approximate surface area is 114 Å². The largest absolute Gasteiger partial charge is 0.409 e. The SMILES string of the molecule is Cc1csc(C(=O)N2CCCC2C(N)=NO)c1Cl. The minimum absolute atomic E-state index is 0.0743. The molecule has 1 saturated heterocycles. The molecule has 1 aliphatic heterocycles. The molecule has 0 spiro atoms. The molecule has 1 amide bonds. The van der Waals surface area contributed by atoms with Crippen LogP contribution in [-0.2, 0) is 0 Å². The number of likely N-dealkylation sites (tertiary alicyclic amines) is 1. The fourth-order valence-corrected chi connectivity index (χ4v) is 3.32. The lowest BCUT2D eigenvalue weighted by molar-refractivity contribution is 0.0773. The van der Waals surface area contributed by atoms with Gasteiger partial charge in [-0.15, -0.1) is 11.3 Å². The van der Waals surface area contributed by atoms with Crippen molar-refractivity contribution in [1.29, 1.82) is 0 Å². The number of amidine groups is 1. The van der Waals surface area contributed by atoms with Gasteiger partial charge >= 0.3 is 0 Å². The summed E-state index contributed by atoms with van der Waals surface area (Å²) in [4.78, 5) is 14.5. The number of thiophene rings is 1. The summed E-state index contributed by atoms with van der Waals surface area (Å²) in [5, 5.41) is 14.1. The molecule has 18 heavy (non-hydrogen) atoms. The van der Waals surface area contributed by atoms with Gasteiger partial charge in [-0.05, 0) is 30.7 Å². The molecule has 1 fully saturated rings. The highest BCUT2D eigenvalue weighted by molar-refractivity contribution is 7.13. The second-order valence-electron chi connectivity index (χ2n) is 4.24. The molecule has 0 aliphatic carbocycles. The highest BCUT2D eigenvalue weighted by atomic mass is 35.5. The zero-order valence-electron chi connectivity index (χ0n) is 9.89. The van der Waals surface area contributed by atoms with Crippen molar-refractivity contribution in [2.75, 3.05) is 6.54 Å². The van der Waals surface area contributed by atoms with E-state index in [2.05, 4.69) is 5.16 Å². The Morgan fingerprint density at radius 1 is 1.72 bits per heavy atom. The zero-order chi connectivity index (χ0) is 13.3. The summed E-state index contributed by atoms with van der Waals surface area (Å²) in [5.41, 5.74) is 6.50. The van der Waals surface area contributed by atoms with Crippen molar-refractivity contribution in [2.24, 2.45) is 10.9 Å². The quantitative estimate of drug-likeness (QED) is 0.378. The number of hydrogen-bond donors (Lipinski definition) is 2. The Morgan fingerprint density at radius 3 is 3.00 bits per heavy atom. The number of carbonyl (C=O) groups is 1. The molecule has 0 aromatic carbocycles. The molecule has 0 saturated carbocycles. The lowest BCUT2D eigenvalue weighted by atomic mass is 10.2. The first kappa shape index (κ1) is 13.2. The first-order chi connectivity index (χ1) is 8.56. The van der Waals surface area contributed by atoms with Gasteiger partial charge in [-0.25, -0.2) is 0 Å². The van der Waals surface area contributed by atoms with E-state index in [9.17, 15) is 4.79 Å². The summed E-state index contributed by atoms with van der Waals surface area (Å²) < 4.78 is 0. The highest BCUT2D eigenvalue weighted by Gasteiger charge is 2.33. The van der Waals surface area contributed by atoms with Crippen LogP contribution in [0.4, 0.5) is 0 Å². The molecule has 98 valence electrons. The second-order valence-corrected chi connectivity index (χ2v) is 5.50. The topological polar surface area (TPSA) is 78.9 Å². The van der Waals surface area contributed by atoms with Gasteiger partial charge in [0.25, 0.3) is 5.91 Å². The van der Waals surface area contributed by atoms with E-state index in [1.807, 2.05) is 12.3 Å². The monoisotopic (exact) mass is 287 g/mol. The van der Waals surface area contributed by atoms with Crippen molar-refractivity contribution in [3.8, 4) is 0 Å². The van der Waals surface area contributed by atoms with Gasteiger partial charge < -0.3 is 15.8 Å². The van der Waals surface area contributed by atoms with Crippen molar-refractivity contribution in [3.63, 3.8) is 0 Å². The van der Waals surface area contributed by atoms with Crippen LogP contribution in [0, 0.1) is 6.92 Å². The number of rotatable bonds is 2. The average Bonchev–Trinajstić information content (AvgIpc) is 2.96. The first-order valence-corrected chi connectivity index (χ1v) is 6.84. The maximum atomic E-state index is 12.4. The molecule has 1 atom stereocenters. The van der Waals surface area contributed by atoms with Gasteiger partial charge in [0.1, 0.15) is 4.88 Å². The third-order valence-corrected chi connectivity index (χ3v) is 4.75. The predicted molar refractivity (Wildman–Crippen MR) is 71.5 cm³/mol. The summed E-state index contributed by atoms with van der Waals surface area (Å²) in [7, 11) is 0. The summed E-state index contributed by atoms with van der Waals surface area (Å²) in [6, 6.07) is -0.332. The van der Waals surface area contributed by atoms with E-state index in [-0.39, 0.29) is 17.8 Å². The fraction of sp³-hybridized carbons (Fsp3) is 0.455. The van der Waals surface area contributed by atoms with Crippen LogP contribution in [0.15, 0.2) is 10.5 Å². The van der Waals surface area contributed by atoms with Crippen molar-refractivity contribution in [3.05, 3.63) is 20.8 Å². The molecule has 5 nitrogen and oxygen atoms in total. The Bertz CT molecular complexity index is 500.